The lowest BCUT2D eigenvalue weighted by Crippen LogP contribution is -2.35. The number of rotatable bonds is 7. The molecule has 0 atom stereocenters. The molecular weight excluding hydrogens is 268 g/mol. The van der Waals surface area contributed by atoms with Gasteiger partial charge < -0.3 is 20.9 Å². The van der Waals surface area contributed by atoms with Crippen molar-refractivity contribution < 1.29 is 14.6 Å². The average Bonchev–Trinajstić information content (AvgIpc) is 2.52. The summed E-state index contributed by atoms with van der Waals surface area (Å²) in [6.45, 7) is 0.852. The Morgan fingerprint density at radius 3 is 2.76 bits per heavy atom. The maximum Gasteiger partial charge on any atom is 0.255 e. The lowest BCUT2D eigenvalue weighted by Gasteiger charge is -2.36. The molecule has 4 N–H and O–H groups in total. The molecule has 2 rings (SSSR count). The topological polar surface area (TPSA) is 84.6 Å². The van der Waals surface area contributed by atoms with Gasteiger partial charge in [-0.15, -0.1) is 0 Å². The van der Waals surface area contributed by atoms with Gasteiger partial charge in [0.25, 0.3) is 5.91 Å². The molecule has 0 saturated heterocycles. The molecule has 0 heterocycles. The van der Waals surface area contributed by atoms with E-state index in [1.54, 1.807) is 6.07 Å². The fourth-order valence-electron chi connectivity index (χ4n) is 2.83. The van der Waals surface area contributed by atoms with Crippen LogP contribution in [0.5, 0.6) is 5.75 Å². The van der Waals surface area contributed by atoms with Crippen molar-refractivity contribution in [2.45, 2.75) is 32.1 Å². The van der Waals surface area contributed by atoms with Gasteiger partial charge in [-0.25, -0.2) is 0 Å². The first-order chi connectivity index (χ1) is 10.1. The monoisotopic (exact) mass is 292 g/mol. The number of hydrogen-bond donors (Lipinski definition) is 3. The van der Waals surface area contributed by atoms with Crippen LogP contribution in [0.15, 0.2) is 24.3 Å². The van der Waals surface area contributed by atoms with Crippen LogP contribution in [0.25, 0.3) is 0 Å². The summed E-state index contributed by atoms with van der Waals surface area (Å²) in [5, 5.41) is 13.1. The summed E-state index contributed by atoms with van der Waals surface area (Å²) in [5.74, 6) is 0.121. The zero-order valence-corrected chi connectivity index (χ0v) is 12.3. The molecule has 0 spiro atoms. The van der Waals surface area contributed by atoms with Crippen molar-refractivity contribution in [3.63, 3.8) is 0 Å². The molecule has 21 heavy (non-hydrogen) atoms. The van der Waals surface area contributed by atoms with Crippen LogP contribution in [0.2, 0.25) is 0 Å². The van der Waals surface area contributed by atoms with Gasteiger partial charge in [-0.1, -0.05) is 25.3 Å². The molecule has 5 nitrogen and oxygen atoms in total. The van der Waals surface area contributed by atoms with E-state index in [0.29, 0.717) is 5.75 Å². The highest BCUT2D eigenvalue weighted by Crippen LogP contribution is 2.36. The number of aliphatic hydroxyl groups excluding tert-OH is 1. The van der Waals surface area contributed by atoms with Gasteiger partial charge in [0, 0.05) is 23.7 Å². The summed E-state index contributed by atoms with van der Waals surface area (Å²) < 4.78 is 5.29. The minimum Gasteiger partial charge on any atom is -0.484 e. The van der Waals surface area contributed by atoms with Crippen LogP contribution in [0.4, 0.5) is 5.69 Å². The largest absolute Gasteiger partial charge is 0.484 e. The number of carbonyl (C=O) groups excluding carboxylic acids is 1. The van der Waals surface area contributed by atoms with Gasteiger partial charge in [0.1, 0.15) is 5.75 Å². The molecule has 1 fully saturated rings. The van der Waals surface area contributed by atoms with E-state index in [2.05, 4.69) is 5.32 Å². The first-order valence-electron chi connectivity index (χ1n) is 7.49. The molecule has 5 heteroatoms. The molecule has 1 aliphatic rings. The zero-order valence-electron chi connectivity index (χ0n) is 12.3. The SMILES string of the molecule is NC(=O)COc1cccc(NCC2(CO)CCCCC2)c1. The quantitative estimate of drug-likeness (QED) is 0.716. The molecule has 1 saturated carbocycles. The highest BCUT2D eigenvalue weighted by Gasteiger charge is 2.31. The van der Waals surface area contributed by atoms with Crippen LogP contribution in [0.3, 0.4) is 0 Å². The highest BCUT2D eigenvalue weighted by atomic mass is 16.5. The minimum absolute atomic E-state index is 0.0116. The van der Waals surface area contributed by atoms with Gasteiger partial charge >= 0.3 is 0 Å². The van der Waals surface area contributed by atoms with E-state index in [0.717, 1.165) is 25.1 Å². The van der Waals surface area contributed by atoms with E-state index in [1.165, 1.54) is 19.3 Å². The summed E-state index contributed by atoms with van der Waals surface area (Å²) in [6.07, 6.45) is 5.76. The molecule has 1 aromatic rings. The van der Waals surface area contributed by atoms with Crippen LogP contribution < -0.4 is 15.8 Å². The number of ether oxygens (including phenoxy) is 1. The Balaban J connectivity index is 1.92. The van der Waals surface area contributed by atoms with E-state index < -0.39 is 5.91 Å². The number of nitrogens with two attached hydrogens (primary N) is 1. The number of anilines is 1. The first kappa shape index (κ1) is 15.6. The first-order valence-corrected chi connectivity index (χ1v) is 7.49. The third kappa shape index (κ3) is 4.63. The molecule has 1 aliphatic carbocycles. The van der Waals surface area contributed by atoms with Gasteiger partial charge in [-0.2, -0.15) is 0 Å². The number of primary amides is 1. The van der Waals surface area contributed by atoms with Gasteiger partial charge in [-0.05, 0) is 25.0 Å². The van der Waals surface area contributed by atoms with Crippen molar-refractivity contribution in [2.75, 3.05) is 25.1 Å². The van der Waals surface area contributed by atoms with Crippen LogP contribution in [-0.2, 0) is 4.79 Å². The fraction of sp³-hybridized carbons (Fsp3) is 0.562. The van der Waals surface area contributed by atoms with E-state index in [1.807, 2.05) is 18.2 Å². The number of carbonyl (C=O) groups is 1. The van der Waals surface area contributed by atoms with Gasteiger partial charge in [0.15, 0.2) is 6.61 Å². The molecule has 1 aromatic carbocycles. The second-order valence-electron chi connectivity index (χ2n) is 5.86. The van der Waals surface area contributed by atoms with Crippen LogP contribution in [0.1, 0.15) is 32.1 Å². The zero-order chi connectivity index (χ0) is 15.1. The van der Waals surface area contributed by atoms with Crippen molar-refractivity contribution in [1.29, 1.82) is 0 Å². The maximum absolute atomic E-state index is 10.7. The van der Waals surface area contributed by atoms with Crippen LogP contribution in [-0.4, -0.2) is 30.8 Å². The molecular formula is C16H24N2O3. The van der Waals surface area contributed by atoms with E-state index in [-0.39, 0.29) is 18.6 Å². The Morgan fingerprint density at radius 2 is 2.10 bits per heavy atom. The highest BCUT2D eigenvalue weighted by molar-refractivity contribution is 5.75. The molecule has 1 amide bonds. The third-order valence-corrected chi connectivity index (χ3v) is 4.13. The standard InChI is InChI=1S/C16H24N2O3/c17-15(20)10-21-14-6-4-5-13(9-14)18-11-16(12-19)7-2-1-3-8-16/h4-6,9,18-19H,1-3,7-8,10-12H2,(H2,17,20). The number of benzene rings is 1. The third-order valence-electron chi connectivity index (χ3n) is 4.13. The molecule has 0 unspecified atom stereocenters. The Morgan fingerprint density at radius 1 is 1.33 bits per heavy atom. The summed E-state index contributed by atoms with van der Waals surface area (Å²) >= 11 is 0. The maximum atomic E-state index is 10.7. The number of aliphatic hydroxyl groups is 1. The Kier molecular flexibility index (Phi) is 5.44. The summed E-state index contributed by atoms with van der Waals surface area (Å²) in [7, 11) is 0. The lowest BCUT2D eigenvalue weighted by molar-refractivity contribution is -0.119. The predicted octanol–water partition coefficient (Wildman–Crippen LogP) is 1.91. The van der Waals surface area contributed by atoms with Crippen molar-refractivity contribution >= 4 is 11.6 Å². The summed E-state index contributed by atoms with van der Waals surface area (Å²) in [5.41, 5.74) is 5.98. The Bertz CT molecular complexity index is 470. The minimum atomic E-state index is -0.491. The number of amides is 1. The molecule has 116 valence electrons. The lowest BCUT2D eigenvalue weighted by atomic mass is 9.74. The van der Waals surface area contributed by atoms with Crippen LogP contribution >= 0.6 is 0 Å². The van der Waals surface area contributed by atoms with Gasteiger partial charge in [0.2, 0.25) is 0 Å². The van der Waals surface area contributed by atoms with Crippen LogP contribution in [0, 0.1) is 5.41 Å². The van der Waals surface area contributed by atoms with E-state index in [9.17, 15) is 9.90 Å². The molecule has 0 bridgehead atoms. The average molecular weight is 292 g/mol. The van der Waals surface area contributed by atoms with Crippen molar-refractivity contribution in [2.24, 2.45) is 11.1 Å². The second kappa shape index (κ2) is 7.31. The molecule has 0 aliphatic heterocycles. The van der Waals surface area contributed by atoms with E-state index in [4.69, 9.17) is 10.5 Å². The summed E-state index contributed by atoms with van der Waals surface area (Å²) in [4.78, 5) is 10.7. The fourth-order valence-corrected chi connectivity index (χ4v) is 2.83. The predicted molar refractivity (Wildman–Crippen MR) is 82.2 cm³/mol. The summed E-state index contributed by atoms with van der Waals surface area (Å²) in [6, 6.07) is 7.45. The normalized spacial score (nSPS) is 17.2. The smallest absolute Gasteiger partial charge is 0.255 e. The number of nitrogens with one attached hydrogen (secondary N) is 1. The molecule has 0 radical (unpaired) electrons. The number of hydrogen-bond acceptors (Lipinski definition) is 4. The van der Waals surface area contributed by atoms with Crippen molar-refractivity contribution in [3.05, 3.63) is 24.3 Å². The Labute approximate surface area is 125 Å². The van der Waals surface area contributed by atoms with Gasteiger partial charge in [0.05, 0.1) is 6.61 Å². The second-order valence-corrected chi connectivity index (χ2v) is 5.86. The van der Waals surface area contributed by atoms with Crippen molar-refractivity contribution in [1.82, 2.24) is 0 Å². The van der Waals surface area contributed by atoms with Gasteiger partial charge in [-0.3, -0.25) is 4.79 Å². The van der Waals surface area contributed by atoms with Crippen molar-refractivity contribution in [3.8, 4) is 5.75 Å². The molecule has 0 aromatic heterocycles. The Hall–Kier alpha value is -1.75. The van der Waals surface area contributed by atoms with E-state index >= 15 is 0 Å².